The summed E-state index contributed by atoms with van der Waals surface area (Å²) in [6.45, 7) is 0.332. The zero-order chi connectivity index (χ0) is 15.2. The number of anilines is 2. The Bertz CT molecular complexity index is 647. The monoisotopic (exact) mass is 292 g/mol. The predicted molar refractivity (Wildman–Crippen MR) is 76.2 cm³/mol. The quantitative estimate of drug-likeness (QED) is 0.902. The third kappa shape index (κ3) is 4.17. The van der Waals surface area contributed by atoms with E-state index in [-0.39, 0.29) is 0 Å². The Balaban J connectivity index is 2.01. The molecule has 0 aromatic heterocycles. The highest BCUT2D eigenvalue weighted by molar-refractivity contribution is 5.85. The SMILES string of the molecule is COC(=O)Nc1cccc(NCc2ccc(F)c(F)c2)c1. The number of benzene rings is 2. The molecule has 2 N–H and O–H groups in total. The molecular formula is C15H14F2N2O2. The van der Waals surface area contributed by atoms with Gasteiger partial charge in [0.05, 0.1) is 7.11 Å². The van der Waals surface area contributed by atoms with E-state index < -0.39 is 17.7 Å². The minimum absolute atomic E-state index is 0.332. The van der Waals surface area contributed by atoms with Crippen LogP contribution in [0.1, 0.15) is 5.56 Å². The van der Waals surface area contributed by atoms with Crippen molar-refractivity contribution in [1.82, 2.24) is 0 Å². The van der Waals surface area contributed by atoms with Gasteiger partial charge >= 0.3 is 6.09 Å². The van der Waals surface area contributed by atoms with Crippen molar-refractivity contribution < 1.29 is 18.3 Å². The van der Waals surface area contributed by atoms with Gasteiger partial charge in [-0.2, -0.15) is 0 Å². The summed E-state index contributed by atoms with van der Waals surface area (Å²) < 4.78 is 30.4. The summed E-state index contributed by atoms with van der Waals surface area (Å²) in [4.78, 5) is 11.1. The Morgan fingerprint density at radius 3 is 2.57 bits per heavy atom. The zero-order valence-corrected chi connectivity index (χ0v) is 11.3. The fourth-order valence-electron chi connectivity index (χ4n) is 1.73. The van der Waals surface area contributed by atoms with E-state index in [9.17, 15) is 13.6 Å². The molecule has 2 aromatic carbocycles. The average molecular weight is 292 g/mol. The Labute approximate surface area is 120 Å². The van der Waals surface area contributed by atoms with E-state index >= 15 is 0 Å². The third-order valence-corrected chi connectivity index (χ3v) is 2.78. The van der Waals surface area contributed by atoms with Crippen molar-refractivity contribution in [3.63, 3.8) is 0 Å². The molecular weight excluding hydrogens is 278 g/mol. The van der Waals surface area contributed by atoms with Crippen LogP contribution in [0.4, 0.5) is 25.0 Å². The van der Waals surface area contributed by atoms with Crippen molar-refractivity contribution >= 4 is 17.5 Å². The number of amides is 1. The van der Waals surface area contributed by atoms with Gasteiger partial charge in [-0.25, -0.2) is 13.6 Å². The smallest absolute Gasteiger partial charge is 0.411 e. The predicted octanol–water partition coefficient (Wildman–Crippen LogP) is 3.76. The molecule has 110 valence electrons. The molecule has 0 radical (unpaired) electrons. The van der Waals surface area contributed by atoms with Crippen molar-refractivity contribution in [3.8, 4) is 0 Å². The number of hydrogen-bond acceptors (Lipinski definition) is 3. The third-order valence-electron chi connectivity index (χ3n) is 2.78. The number of ether oxygens (including phenoxy) is 1. The van der Waals surface area contributed by atoms with E-state index in [4.69, 9.17) is 0 Å². The van der Waals surface area contributed by atoms with Gasteiger partial charge in [0.2, 0.25) is 0 Å². The molecule has 21 heavy (non-hydrogen) atoms. The fourth-order valence-corrected chi connectivity index (χ4v) is 1.73. The summed E-state index contributed by atoms with van der Waals surface area (Å²) >= 11 is 0. The molecule has 0 aliphatic carbocycles. The molecule has 1 amide bonds. The number of rotatable bonds is 4. The van der Waals surface area contributed by atoms with E-state index in [1.807, 2.05) is 0 Å². The minimum atomic E-state index is -0.879. The number of nitrogens with one attached hydrogen (secondary N) is 2. The molecule has 0 unspecified atom stereocenters. The van der Waals surface area contributed by atoms with Gasteiger partial charge in [0.1, 0.15) is 0 Å². The Morgan fingerprint density at radius 2 is 1.86 bits per heavy atom. The first-order valence-electron chi connectivity index (χ1n) is 6.21. The first-order chi connectivity index (χ1) is 10.1. The minimum Gasteiger partial charge on any atom is -0.453 e. The van der Waals surface area contributed by atoms with Crippen LogP contribution in [0.3, 0.4) is 0 Å². The standard InChI is InChI=1S/C15H14F2N2O2/c1-21-15(20)19-12-4-2-3-11(8-12)18-9-10-5-6-13(16)14(17)7-10/h2-8,18H,9H2,1H3,(H,19,20). The molecule has 0 saturated carbocycles. The molecule has 2 rings (SSSR count). The number of methoxy groups -OCH3 is 1. The summed E-state index contributed by atoms with van der Waals surface area (Å²) in [7, 11) is 1.28. The first kappa shape index (κ1) is 14.8. The molecule has 2 aromatic rings. The lowest BCUT2D eigenvalue weighted by Gasteiger charge is -2.09. The number of hydrogen-bond donors (Lipinski definition) is 2. The Morgan fingerprint density at radius 1 is 1.10 bits per heavy atom. The molecule has 6 heteroatoms. The number of carbonyl (C=O) groups excluding carboxylic acids is 1. The van der Waals surface area contributed by atoms with E-state index in [1.165, 1.54) is 13.2 Å². The highest BCUT2D eigenvalue weighted by Gasteiger charge is 2.04. The second-order valence-corrected chi connectivity index (χ2v) is 4.30. The topological polar surface area (TPSA) is 50.4 Å². The average Bonchev–Trinajstić information content (AvgIpc) is 2.49. The van der Waals surface area contributed by atoms with Crippen molar-refractivity contribution in [1.29, 1.82) is 0 Å². The lowest BCUT2D eigenvalue weighted by Crippen LogP contribution is -2.11. The van der Waals surface area contributed by atoms with E-state index in [1.54, 1.807) is 24.3 Å². The lowest BCUT2D eigenvalue weighted by molar-refractivity contribution is 0.187. The molecule has 0 aliphatic rings. The van der Waals surface area contributed by atoms with Crippen LogP contribution < -0.4 is 10.6 Å². The molecule has 0 fully saturated rings. The van der Waals surface area contributed by atoms with Crippen molar-refractivity contribution in [2.24, 2.45) is 0 Å². The lowest BCUT2D eigenvalue weighted by atomic mass is 10.2. The first-order valence-corrected chi connectivity index (χ1v) is 6.21. The van der Waals surface area contributed by atoms with Gasteiger partial charge in [-0.3, -0.25) is 5.32 Å². The van der Waals surface area contributed by atoms with Crippen molar-refractivity contribution in [3.05, 3.63) is 59.7 Å². The van der Waals surface area contributed by atoms with Gasteiger partial charge in [-0.05, 0) is 35.9 Å². The molecule has 0 heterocycles. The second-order valence-electron chi connectivity index (χ2n) is 4.30. The normalized spacial score (nSPS) is 10.0. The highest BCUT2D eigenvalue weighted by Crippen LogP contribution is 2.17. The fraction of sp³-hybridized carbons (Fsp3) is 0.133. The van der Waals surface area contributed by atoms with E-state index in [0.717, 1.165) is 17.8 Å². The van der Waals surface area contributed by atoms with Gasteiger partial charge < -0.3 is 10.1 Å². The van der Waals surface area contributed by atoms with Crippen LogP contribution >= 0.6 is 0 Å². The molecule has 0 saturated heterocycles. The molecule has 0 aliphatic heterocycles. The van der Waals surface area contributed by atoms with Gasteiger partial charge in [-0.15, -0.1) is 0 Å². The maximum Gasteiger partial charge on any atom is 0.411 e. The second kappa shape index (κ2) is 6.69. The summed E-state index contributed by atoms with van der Waals surface area (Å²) in [6.07, 6.45) is -0.562. The van der Waals surface area contributed by atoms with E-state index in [2.05, 4.69) is 15.4 Å². The summed E-state index contributed by atoms with van der Waals surface area (Å²) in [5.74, 6) is -1.75. The van der Waals surface area contributed by atoms with Gasteiger partial charge in [0, 0.05) is 17.9 Å². The number of carbonyl (C=O) groups is 1. The maximum absolute atomic E-state index is 13.1. The zero-order valence-electron chi connectivity index (χ0n) is 11.3. The summed E-state index contributed by atoms with van der Waals surface area (Å²) in [6, 6.07) is 10.7. The molecule has 4 nitrogen and oxygen atoms in total. The molecule has 0 atom stereocenters. The molecule has 0 bridgehead atoms. The van der Waals surface area contributed by atoms with Gasteiger partial charge in [0.25, 0.3) is 0 Å². The van der Waals surface area contributed by atoms with Crippen LogP contribution in [-0.4, -0.2) is 13.2 Å². The molecule has 0 spiro atoms. The van der Waals surface area contributed by atoms with E-state index in [0.29, 0.717) is 17.8 Å². The maximum atomic E-state index is 13.1. The highest BCUT2D eigenvalue weighted by atomic mass is 19.2. The Hall–Kier alpha value is -2.63. The van der Waals surface area contributed by atoms with Crippen LogP contribution in [0.25, 0.3) is 0 Å². The largest absolute Gasteiger partial charge is 0.453 e. The van der Waals surface area contributed by atoms with Gasteiger partial charge in [0.15, 0.2) is 11.6 Å². The van der Waals surface area contributed by atoms with Crippen molar-refractivity contribution in [2.45, 2.75) is 6.54 Å². The number of halogens is 2. The van der Waals surface area contributed by atoms with Crippen LogP contribution in [0.5, 0.6) is 0 Å². The van der Waals surface area contributed by atoms with Crippen LogP contribution in [-0.2, 0) is 11.3 Å². The summed E-state index contributed by atoms with van der Waals surface area (Å²) in [5.41, 5.74) is 1.91. The van der Waals surface area contributed by atoms with Crippen LogP contribution in [0.15, 0.2) is 42.5 Å². The van der Waals surface area contributed by atoms with Gasteiger partial charge in [-0.1, -0.05) is 12.1 Å². The Kier molecular flexibility index (Phi) is 4.71. The van der Waals surface area contributed by atoms with Crippen LogP contribution in [0, 0.1) is 11.6 Å². The van der Waals surface area contributed by atoms with Crippen molar-refractivity contribution in [2.75, 3.05) is 17.7 Å². The van der Waals surface area contributed by atoms with Crippen LogP contribution in [0.2, 0.25) is 0 Å². The summed E-state index contributed by atoms with van der Waals surface area (Å²) in [5, 5.41) is 5.59.